The summed E-state index contributed by atoms with van der Waals surface area (Å²) in [4.78, 5) is 26.9. The molecule has 0 aliphatic rings. The molecule has 0 radical (unpaired) electrons. The van der Waals surface area contributed by atoms with Gasteiger partial charge in [0.2, 0.25) is 0 Å². The maximum atomic E-state index is 12.2. The number of amides is 1. The van der Waals surface area contributed by atoms with Gasteiger partial charge in [0, 0.05) is 28.0 Å². The Bertz CT molecular complexity index is 732. The van der Waals surface area contributed by atoms with Gasteiger partial charge < -0.3 is 0 Å². The number of benzene rings is 1. The molecule has 0 saturated heterocycles. The zero-order valence-electron chi connectivity index (χ0n) is 12.8. The molecule has 2 rings (SSSR count). The zero-order valence-corrected chi connectivity index (χ0v) is 13.7. The molecule has 2 aromatic rings. The van der Waals surface area contributed by atoms with Crippen molar-refractivity contribution in [3.63, 3.8) is 0 Å². The number of aryl methyl sites for hydroxylation is 1. The Morgan fingerprint density at radius 1 is 1.36 bits per heavy atom. The van der Waals surface area contributed by atoms with Gasteiger partial charge in [0.15, 0.2) is 5.13 Å². The summed E-state index contributed by atoms with van der Waals surface area (Å²) in [6.45, 7) is 7.75. The van der Waals surface area contributed by atoms with Gasteiger partial charge in [-0.3, -0.25) is 20.2 Å². The summed E-state index contributed by atoms with van der Waals surface area (Å²) in [5.41, 5.74) is 1.65. The molecular formula is C15H17N3O3S. The summed E-state index contributed by atoms with van der Waals surface area (Å²) in [7, 11) is 0. The monoisotopic (exact) mass is 319 g/mol. The lowest BCUT2D eigenvalue weighted by Crippen LogP contribution is -2.14. The number of hydrogen-bond acceptors (Lipinski definition) is 5. The van der Waals surface area contributed by atoms with Crippen LogP contribution in [0.25, 0.3) is 0 Å². The first-order valence-corrected chi connectivity index (χ1v) is 7.59. The van der Waals surface area contributed by atoms with Crippen LogP contribution in [0.5, 0.6) is 0 Å². The molecule has 0 fully saturated rings. The Hall–Kier alpha value is -2.28. The lowest BCUT2D eigenvalue weighted by Gasteiger charge is -2.14. The van der Waals surface area contributed by atoms with E-state index >= 15 is 0 Å². The third-order valence-corrected chi connectivity index (χ3v) is 3.91. The number of carbonyl (C=O) groups excluding carboxylic acids is 1. The number of nitro groups is 1. The molecule has 1 amide bonds. The van der Waals surface area contributed by atoms with E-state index in [2.05, 4.69) is 10.3 Å². The number of aromatic nitrogens is 1. The molecule has 22 heavy (non-hydrogen) atoms. The maximum absolute atomic E-state index is 12.2. The molecule has 0 aliphatic heterocycles. The standard InChI is InChI=1S/C15H17N3O3S/c1-9-7-10(5-6-11(9)18(20)21)13(19)17-14-16-12(8-22-14)15(2,3)4/h5-8H,1-4H3,(H,16,17,19). The summed E-state index contributed by atoms with van der Waals surface area (Å²) in [5, 5.41) is 15.9. The minimum atomic E-state index is -0.465. The van der Waals surface area contributed by atoms with E-state index in [0.29, 0.717) is 16.3 Å². The van der Waals surface area contributed by atoms with Gasteiger partial charge in [-0.1, -0.05) is 20.8 Å². The predicted octanol–water partition coefficient (Wildman–Crippen LogP) is 3.91. The van der Waals surface area contributed by atoms with Crippen molar-refractivity contribution in [2.45, 2.75) is 33.1 Å². The van der Waals surface area contributed by atoms with Crippen LogP contribution in [0.4, 0.5) is 10.8 Å². The van der Waals surface area contributed by atoms with Gasteiger partial charge in [0.25, 0.3) is 11.6 Å². The van der Waals surface area contributed by atoms with Gasteiger partial charge in [0.1, 0.15) is 0 Å². The quantitative estimate of drug-likeness (QED) is 0.686. The summed E-state index contributed by atoms with van der Waals surface area (Å²) < 4.78 is 0. The van der Waals surface area contributed by atoms with Crippen molar-refractivity contribution in [2.24, 2.45) is 0 Å². The molecular weight excluding hydrogens is 302 g/mol. The van der Waals surface area contributed by atoms with Crippen molar-refractivity contribution in [2.75, 3.05) is 5.32 Å². The first-order chi connectivity index (χ1) is 10.2. The first-order valence-electron chi connectivity index (χ1n) is 6.71. The van der Waals surface area contributed by atoms with Crippen LogP contribution in [0.3, 0.4) is 0 Å². The van der Waals surface area contributed by atoms with Crippen LogP contribution < -0.4 is 5.32 Å². The minimum absolute atomic E-state index is 0.000757. The molecule has 6 nitrogen and oxygen atoms in total. The second kappa shape index (κ2) is 5.84. The average Bonchev–Trinajstić information content (AvgIpc) is 2.86. The molecule has 0 aliphatic carbocycles. The number of hydrogen-bond donors (Lipinski definition) is 1. The summed E-state index contributed by atoms with van der Waals surface area (Å²) in [5.74, 6) is -0.326. The van der Waals surface area contributed by atoms with E-state index in [1.54, 1.807) is 6.92 Å². The highest BCUT2D eigenvalue weighted by molar-refractivity contribution is 7.14. The fourth-order valence-corrected chi connectivity index (χ4v) is 2.78. The van der Waals surface area contributed by atoms with Crippen LogP contribution in [0.15, 0.2) is 23.6 Å². The first kappa shape index (κ1) is 16.1. The molecule has 0 spiro atoms. The second-order valence-corrected chi connectivity index (χ2v) is 6.86. The molecule has 1 aromatic carbocycles. The Balaban J connectivity index is 2.17. The van der Waals surface area contributed by atoms with Crippen LogP contribution in [-0.2, 0) is 5.41 Å². The average molecular weight is 319 g/mol. The van der Waals surface area contributed by atoms with Crippen molar-refractivity contribution in [3.05, 3.63) is 50.5 Å². The van der Waals surface area contributed by atoms with Crippen molar-refractivity contribution >= 4 is 28.1 Å². The van der Waals surface area contributed by atoms with E-state index in [1.165, 1.54) is 29.5 Å². The Kier molecular flexibility index (Phi) is 4.27. The fraction of sp³-hybridized carbons (Fsp3) is 0.333. The summed E-state index contributed by atoms with van der Waals surface area (Å²) in [6, 6.07) is 4.29. The van der Waals surface area contributed by atoms with Crippen molar-refractivity contribution < 1.29 is 9.72 Å². The number of rotatable bonds is 3. The highest BCUT2D eigenvalue weighted by Gasteiger charge is 2.19. The van der Waals surface area contributed by atoms with Gasteiger partial charge in [-0.05, 0) is 19.1 Å². The van der Waals surface area contributed by atoms with E-state index in [0.717, 1.165) is 5.69 Å². The van der Waals surface area contributed by atoms with Gasteiger partial charge in [-0.2, -0.15) is 0 Å². The maximum Gasteiger partial charge on any atom is 0.272 e. The summed E-state index contributed by atoms with van der Waals surface area (Å²) >= 11 is 1.36. The SMILES string of the molecule is Cc1cc(C(=O)Nc2nc(C(C)(C)C)cs2)ccc1[N+](=O)[O-]. The van der Waals surface area contributed by atoms with Gasteiger partial charge in [-0.25, -0.2) is 4.98 Å². The lowest BCUT2D eigenvalue weighted by atomic mass is 9.93. The zero-order chi connectivity index (χ0) is 16.5. The molecule has 0 saturated carbocycles. The molecule has 1 N–H and O–H groups in total. The van der Waals surface area contributed by atoms with Crippen LogP contribution in [-0.4, -0.2) is 15.8 Å². The highest BCUT2D eigenvalue weighted by atomic mass is 32.1. The highest BCUT2D eigenvalue weighted by Crippen LogP contribution is 2.27. The number of carbonyl (C=O) groups is 1. The van der Waals surface area contributed by atoms with Gasteiger partial charge >= 0.3 is 0 Å². The molecule has 116 valence electrons. The van der Waals surface area contributed by atoms with E-state index in [9.17, 15) is 14.9 Å². The number of nitrogens with zero attached hydrogens (tertiary/aromatic N) is 2. The predicted molar refractivity (Wildman–Crippen MR) is 86.6 cm³/mol. The third kappa shape index (κ3) is 3.48. The van der Waals surface area contributed by atoms with Gasteiger partial charge in [0.05, 0.1) is 10.6 Å². The normalized spacial score (nSPS) is 11.3. The second-order valence-electron chi connectivity index (χ2n) is 6.00. The molecule has 0 bridgehead atoms. The van der Waals surface area contributed by atoms with E-state index in [4.69, 9.17) is 0 Å². The fourth-order valence-electron chi connectivity index (χ4n) is 1.85. The lowest BCUT2D eigenvalue weighted by molar-refractivity contribution is -0.385. The van der Waals surface area contributed by atoms with Crippen LogP contribution in [0.1, 0.15) is 42.4 Å². The number of anilines is 1. The molecule has 1 aromatic heterocycles. The van der Waals surface area contributed by atoms with Crippen LogP contribution >= 0.6 is 11.3 Å². The Morgan fingerprint density at radius 3 is 2.55 bits per heavy atom. The van der Waals surface area contributed by atoms with Crippen molar-refractivity contribution in [1.29, 1.82) is 0 Å². The molecule has 0 unspecified atom stereocenters. The largest absolute Gasteiger partial charge is 0.298 e. The summed E-state index contributed by atoms with van der Waals surface area (Å²) in [6.07, 6.45) is 0. The Labute approximate surface area is 132 Å². The smallest absolute Gasteiger partial charge is 0.272 e. The van der Waals surface area contributed by atoms with Crippen LogP contribution in [0, 0.1) is 17.0 Å². The van der Waals surface area contributed by atoms with Crippen molar-refractivity contribution in [1.82, 2.24) is 4.98 Å². The van der Waals surface area contributed by atoms with E-state index in [-0.39, 0.29) is 17.0 Å². The minimum Gasteiger partial charge on any atom is -0.298 e. The molecule has 0 atom stereocenters. The van der Waals surface area contributed by atoms with Crippen LogP contribution in [0.2, 0.25) is 0 Å². The Morgan fingerprint density at radius 2 is 2.05 bits per heavy atom. The van der Waals surface area contributed by atoms with Gasteiger partial charge in [-0.15, -0.1) is 11.3 Å². The van der Waals surface area contributed by atoms with E-state index in [1.807, 2.05) is 26.2 Å². The molecule has 7 heteroatoms. The topological polar surface area (TPSA) is 85.1 Å². The van der Waals surface area contributed by atoms with Crippen molar-refractivity contribution in [3.8, 4) is 0 Å². The number of nitro benzene ring substituents is 1. The molecule has 1 heterocycles. The number of thiazole rings is 1. The third-order valence-electron chi connectivity index (χ3n) is 3.15. The van der Waals surface area contributed by atoms with E-state index < -0.39 is 4.92 Å². The number of nitrogens with one attached hydrogen (secondary N) is 1.